The van der Waals surface area contributed by atoms with Crippen molar-refractivity contribution in [2.45, 2.75) is 82.4 Å². The average molecular weight is 499 g/mol. The molecule has 2 fully saturated rings. The molecule has 190 valence electrons. The monoisotopic (exact) mass is 498 g/mol. The molecular weight excluding hydrogens is 464 g/mol. The molecule has 12 heteroatoms. The highest BCUT2D eigenvalue weighted by Gasteiger charge is 2.36. The van der Waals surface area contributed by atoms with Gasteiger partial charge in [0.05, 0.1) is 5.75 Å². The molecule has 0 aromatic rings. The molecule has 1 saturated heterocycles. The molecule has 0 bridgehead atoms. The fraction of sp³-hybridized carbons (Fsp3) is 0.727. The van der Waals surface area contributed by atoms with Gasteiger partial charge in [-0.15, -0.1) is 0 Å². The molecule has 11 nitrogen and oxygen atoms in total. The number of likely N-dealkylation sites (tertiary alicyclic amines) is 1. The maximum absolute atomic E-state index is 13.0. The SMILES string of the molecule is O=C(NCC(=O)N1CCCC1C(=O)NC1C/C=C\CCCCS(=O)(=O)NC1=O)OC1CCCC1. The van der Waals surface area contributed by atoms with Gasteiger partial charge in [-0.2, -0.15) is 0 Å². The molecule has 2 unspecified atom stereocenters. The molecule has 34 heavy (non-hydrogen) atoms. The summed E-state index contributed by atoms with van der Waals surface area (Å²) in [7, 11) is -3.78. The highest BCUT2D eigenvalue weighted by atomic mass is 32.2. The molecule has 1 aliphatic carbocycles. The molecule has 3 aliphatic rings. The van der Waals surface area contributed by atoms with Crippen LogP contribution in [0.2, 0.25) is 0 Å². The van der Waals surface area contributed by atoms with Crippen molar-refractivity contribution in [1.82, 2.24) is 20.3 Å². The van der Waals surface area contributed by atoms with Crippen molar-refractivity contribution in [3.8, 4) is 0 Å². The molecule has 3 rings (SSSR count). The maximum Gasteiger partial charge on any atom is 0.407 e. The van der Waals surface area contributed by atoms with E-state index in [2.05, 4.69) is 10.6 Å². The van der Waals surface area contributed by atoms with E-state index in [1.54, 1.807) is 6.08 Å². The van der Waals surface area contributed by atoms with Crippen LogP contribution >= 0.6 is 0 Å². The number of nitrogens with zero attached hydrogens (tertiary/aromatic N) is 1. The second kappa shape index (κ2) is 12.2. The Kier molecular flexibility index (Phi) is 9.31. The van der Waals surface area contributed by atoms with Gasteiger partial charge in [-0.25, -0.2) is 13.2 Å². The Bertz CT molecular complexity index is 899. The lowest BCUT2D eigenvalue weighted by atomic mass is 10.1. The summed E-state index contributed by atoms with van der Waals surface area (Å²) in [4.78, 5) is 51.5. The van der Waals surface area contributed by atoms with Crippen molar-refractivity contribution >= 4 is 33.8 Å². The number of ether oxygens (including phenoxy) is 1. The number of rotatable bonds is 5. The fourth-order valence-corrected chi connectivity index (χ4v) is 5.60. The number of carbonyl (C=O) groups is 4. The van der Waals surface area contributed by atoms with Gasteiger partial charge in [0.25, 0.3) is 5.91 Å². The summed E-state index contributed by atoms with van der Waals surface area (Å²) in [6, 6.07) is -1.87. The van der Waals surface area contributed by atoms with E-state index in [9.17, 15) is 27.6 Å². The minimum absolute atomic E-state index is 0.119. The molecule has 2 aliphatic heterocycles. The van der Waals surface area contributed by atoms with Crippen molar-refractivity contribution in [3.05, 3.63) is 12.2 Å². The van der Waals surface area contributed by atoms with Crippen LogP contribution in [0.4, 0.5) is 4.79 Å². The van der Waals surface area contributed by atoms with Gasteiger partial charge in [0.1, 0.15) is 24.7 Å². The van der Waals surface area contributed by atoms with Crippen LogP contribution in [-0.4, -0.2) is 74.2 Å². The fourth-order valence-electron chi connectivity index (χ4n) is 4.47. The first-order valence-electron chi connectivity index (χ1n) is 12.0. The third kappa shape index (κ3) is 7.71. The van der Waals surface area contributed by atoms with Crippen LogP contribution in [0.3, 0.4) is 0 Å². The number of nitrogens with one attached hydrogen (secondary N) is 3. The first-order valence-corrected chi connectivity index (χ1v) is 13.6. The highest BCUT2D eigenvalue weighted by Crippen LogP contribution is 2.21. The molecule has 0 radical (unpaired) electrons. The van der Waals surface area contributed by atoms with E-state index in [0.717, 1.165) is 25.7 Å². The summed E-state index contributed by atoms with van der Waals surface area (Å²) in [6.07, 6.45) is 9.48. The number of alkyl carbamates (subject to hydrolysis) is 1. The minimum atomic E-state index is -3.78. The van der Waals surface area contributed by atoms with Gasteiger partial charge in [0.2, 0.25) is 21.8 Å². The third-order valence-electron chi connectivity index (χ3n) is 6.30. The van der Waals surface area contributed by atoms with Crippen LogP contribution in [0, 0.1) is 0 Å². The van der Waals surface area contributed by atoms with E-state index in [4.69, 9.17) is 4.74 Å². The van der Waals surface area contributed by atoms with Crippen LogP contribution in [0.15, 0.2) is 12.2 Å². The first-order chi connectivity index (χ1) is 16.2. The molecular formula is C22H34N4O7S. The Balaban J connectivity index is 1.55. The second-order valence-corrected chi connectivity index (χ2v) is 10.8. The van der Waals surface area contributed by atoms with E-state index in [1.165, 1.54) is 4.90 Å². The van der Waals surface area contributed by atoms with Crippen LogP contribution < -0.4 is 15.4 Å². The maximum atomic E-state index is 13.0. The zero-order valence-corrected chi connectivity index (χ0v) is 20.1. The second-order valence-electron chi connectivity index (χ2n) is 8.96. The number of hydrogen-bond donors (Lipinski definition) is 3. The van der Waals surface area contributed by atoms with Gasteiger partial charge in [-0.1, -0.05) is 12.2 Å². The van der Waals surface area contributed by atoms with Crippen LogP contribution in [0.1, 0.15) is 64.2 Å². The van der Waals surface area contributed by atoms with Gasteiger partial charge < -0.3 is 20.3 Å². The largest absolute Gasteiger partial charge is 0.446 e. The average Bonchev–Trinajstić information content (AvgIpc) is 3.47. The quantitative estimate of drug-likeness (QED) is 0.472. The van der Waals surface area contributed by atoms with Gasteiger partial charge in [-0.3, -0.25) is 19.1 Å². The summed E-state index contributed by atoms with van der Waals surface area (Å²) >= 11 is 0. The van der Waals surface area contributed by atoms with Crippen molar-refractivity contribution in [2.75, 3.05) is 18.8 Å². The molecule has 1 saturated carbocycles. The number of amides is 4. The zero-order valence-electron chi connectivity index (χ0n) is 19.3. The molecule has 2 atom stereocenters. The molecule has 0 spiro atoms. The van der Waals surface area contributed by atoms with Crippen molar-refractivity contribution < 1.29 is 32.3 Å². The van der Waals surface area contributed by atoms with Crippen molar-refractivity contribution in [3.63, 3.8) is 0 Å². The van der Waals surface area contributed by atoms with Gasteiger partial charge >= 0.3 is 6.09 Å². The number of carbonyl (C=O) groups excluding carboxylic acids is 4. The molecule has 0 aromatic heterocycles. The topological polar surface area (TPSA) is 151 Å². The third-order valence-corrected chi connectivity index (χ3v) is 7.64. The predicted octanol–water partition coefficient (Wildman–Crippen LogP) is 0.707. The van der Waals surface area contributed by atoms with E-state index < -0.39 is 45.9 Å². The number of allylic oxidation sites excluding steroid dienone is 1. The standard InChI is InChI=1S/C22H34N4O7S/c27-19(15-23-22(30)33-16-9-5-6-10-16)26-13-8-12-18(26)21(29)24-17-11-4-2-1-3-7-14-34(31,32)25-20(17)28/h2,4,16-18H,1,3,5-15H2,(H,23,30)(H,24,29)(H,25,28)/b4-2-. The van der Waals surface area contributed by atoms with Crippen LogP contribution in [0.5, 0.6) is 0 Å². The number of sulfonamides is 1. The Morgan fingerprint density at radius 1 is 1.06 bits per heavy atom. The molecule has 2 heterocycles. The number of hydrogen-bond acceptors (Lipinski definition) is 7. The molecule has 4 amide bonds. The first kappa shape index (κ1) is 26.0. The smallest absolute Gasteiger partial charge is 0.407 e. The Morgan fingerprint density at radius 3 is 2.59 bits per heavy atom. The highest BCUT2D eigenvalue weighted by molar-refractivity contribution is 7.90. The summed E-state index contributed by atoms with van der Waals surface area (Å²) in [5, 5.41) is 5.06. The van der Waals surface area contributed by atoms with Crippen LogP contribution in [-0.2, 0) is 29.1 Å². The Morgan fingerprint density at radius 2 is 1.82 bits per heavy atom. The van der Waals surface area contributed by atoms with Crippen molar-refractivity contribution in [2.24, 2.45) is 0 Å². The van der Waals surface area contributed by atoms with E-state index in [-0.39, 0.29) is 24.8 Å². The Hall–Kier alpha value is -2.63. The lowest BCUT2D eigenvalue weighted by molar-refractivity contribution is -0.138. The van der Waals surface area contributed by atoms with Gasteiger partial charge in [0.15, 0.2) is 0 Å². The molecule has 3 N–H and O–H groups in total. The van der Waals surface area contributed by atoms with Gasteiger partial charge in [-0.05, 0) is 64.2 Å². The van der Waals surface area contributed by atoms with E-state index in [1.807, 2.05) is 10.8 Å². The van der Waals surface area contributed by atoms with Gasteiger partial charge in [0, 0.05) is 6.54 Å². The lowest BCUT2D eigenvalue weighted by Crippen LogP contribution is -2.54. The summed E-state index contributed by atoms with van der Waals surface area (Å²) in [5.41, 5.74) is 0. The molecule has 0 aromatic carbocycles. The Labute approximate surface area is 200 Å². The summed E-state index contributed by atoms with van der Waals surface area (Å²) in [5.74, 6) is -1.91. The lowest BCUT2D eigenvalue weighted by Gasteiger charge is -2.26. The zero-order chi connectivity index (χ0) is 24.6. The summed E-state index contributed by atoms with van der Waals surface area (Å²) < 4.78 is 31.5. The predicted molar refractivity (Wildman–Crippen MR) is 123 cm³/mol. The van der Waals surface area contributed by atoms with Crippen molar-refractivity contribution in [1.29, 1.82) is 0 Å². The van der Waals surface area contributed by atoms with Crippen LogP contribution in [0.25, 0.3) is 0 Å². The van der Waals surface area contributed by atoms with E-state index >= 15 is 0 Å². The van der Waals surface area contributed by atoms with E-state index in [0.29, 0.717) is 38.6 Å². The minimum Gasteiger partial charge on any atom is -0.446 e. The summed E-state index contributed by atoms with van der Waals surface area (Å²) in [6.45, 7) is 0.0572. The normalized spacial score (nSPS) is 26.7.